The van der Waals surface area contributed by atoms with Crippen LogP contribution in [-0.4, -0.2) is 18.6 Å². The molecule has 0 radical (unpaired) electrons. The summed E-state index contributed by atoms with van der Waals surface area (Å²) in [5.41, 5.74) is 8.57. The number of primary amides is 1. The predicted octanol–water partition coefficient (Wildman–Crippen LogP) is 0.763. The van der Waals surface area contributed by atoms with Gasteiger partial charge in [-0.2, -0.15) is 5.48 Å². The second kappa shape index (κ2) is 6.19. The molecule has 1 atom stereocenters. The quantitative estimate of drug-likeness (QED) is 0.704. The van der Waals surface area contributed by atoms with E-state index in [1.54, 1.807) is 12.1 Å². The van der Waals surface area contributed by atoms with Crippen LogP contribution in [0.5, 0.6) is 0 Å². The lowest BCUT2D eigenvalue weighted by Crippen LogP contribution is -2.32. The fourth-order valence-corrected chi connectivity index (χ4v) is 1.27. The average Bonchev–Trinajstić information content (AvgIpc) is 2.21. The fraction of sp³-hybridized carbons (Fsp3) is 0.364. The van der Waals surface area contributed by atoms with Gasteiger partial charge < -0.3 is 5.73 Å². The van der Waals surface area contributed by atoms with Crippen molar-refractivity contribution in [3.8, 4) is 0 Å². The molecule has 0 aromatic heterocycles. The number of halogens is 1. The summed E-state index contributed by atoms with van der Waals surface area (Å²) in [7, 11) is 0. The van der Waals surface area contributed by atoms with Crippen molar-refractivity contribution < 1.29 is 14.0 Å². The Morgan fingerprint density at radius 2 is 2.12 bits per heavy atom. The Balaban J connectivity index is 2.31. The highest BCUT2D eigenvalue weighted by molar-refractivity contribution is 5.74. The number of hydroxylamine groups is 1. The lowest BCUT2D eigenvalue weighted by Gasteiger charge is -2.12. The second-order valence-electron chi connectivity index (χ2n) is 3.60. The molecule has 1 aromatic carbocycles. The first-order chi connectivity index (χ1) is 7.58. The van der Waals surface area contributed by atoms with Crippen LogP contribution < -0.4 is 11.2 Å². The number of carbonyl (C=O) groups excluding carboxylic acids is 1. The number of carbonyl (C=O) groups is 1. The highest BCUT2D eigenvalue weighted by Gasteiger charge is 2.04. The first-order valence-corrected chi connectivity index (χ1v) is 4.98. The molecule has 0 bridgehead atoms. The monoisotopic (exact) mass is 226 g/mol. The van der Waals surface area contributed by atoms with Gasteiger partial charge >= 0.3 is 0 Å². The molecule has 1 unspecified atom stereocenters. The summed E-state index contributed by atoms with van der Waals surface area (Å²) >= 11 is 0. The van der Waals surface area contributed by atoms with Gasteiger partial charge in [-0.05, 0) is 31.0 Å². The third kappa shape index (κ3) is 4.86. The van der Waals surface area contributed by atoms with Crippen molar-refractivity contribution in [3.63, 3.8) is 0 Å². The fourth-order valence-electron chi connectivity index (χ4n) is 1.27. The Morgan fingerprint density at radius 1 is 1.50 bits per heavy atom. The molecule has 1 rings (SSSR count). The van der Waals surface area contributed by atoms with Crippen LogP contribution in [-0.2, 0) is 16.1 Å². The molecule has 0 saturated heterocycles. The van der Waals surface area contributed by atoms with Crippen molar-refractivity contribution >= 4 is 5.91 Å². The molecule has 5 heteroatoms. The summed E-state index contributed by atoms with van der Waals surface area (Å²) in [6, 6.07) is 6.26. The van der Waals surface area contributed by atoms with Crippen molar-refractivity contribution in [1.82, 2.24) is 5.48 Å². The van der Waals surface area contributed by atoms with Crippen LogP contribution in [0.1, 0.15) is 12.5 Å². The maximum absolute atomic E-state index is 12.6. The van der Waals surface area contributed by atoms with E-state index >= 15 is 0 Å². The van der Waals surface area contributed by atoms with E-state index in [9.17, 15) is 9.18 Å². The van der Waals surface area contributed by atoms with Crippen LogP contribution in [0.15, 0.2) is 24.3 Å². The van der Waals surface area contributed by atoms with Gasteiger partial charge in [0, 0.05) is 6.04 Å². The van der Waals surface area contributed by atoms with E-state index in [1.807, 2.05) is 6.92 Å². The van der Waals surface area contributed by atoms with E-state index in [1.165, 1.54) is 12.1 Å². The smallest absolute Gasteiger partial charge is 0.245 e. The van der Waals surface area contributed by atoms with Gasteiger partial charge in [-0.25, -0.2) is 4.39 Å². The molecule has 1 aromatic rings. The Bertz CT molecular complexity index is 340. The number of nitrogens with two attached hydrogens (primary N) is 1. The van der Waals surface area contributed by atoms with E-state index in [-0.39, 0.29) is 18.5 Å². The van der Waals surface area contributed by atoms with Crippen molar-refractivity contribution in [3.05, 3.63) is 35.6 Å². The normalized spacial score (nSPS) is 12.4. The van der Waals surface area contributed by atoms with Crippen molar-refractivity contribution in [2.45, 2.75) is 19.4 Å². The van der Waals surface area contributed by atoms with Crippen molar-refractivity contribution in [1.29, 1.82) is 0 Å². The zero-order chi connectivity index (χ0) is 12.0. The molecule has 16 heavy (non-hydrogen) atoms. The van der Waals surface area contributed by atoms with Crippen LogP contribution in [0.3, 0.4) is 0 Å². The third-order valence-corrected chi connectivity index (χ3v) is 1.95. The van der Waals surface area contributed by atoms with E-state index < -0.39 is 5.91 Å². The van der Waals surface area contributed by atoms with Crippen molar-refractivity contribution in [2.75, 3.05) is 6.61 Å². The average molecular weight is 226 g/mol. The first-order valence-electron chi connectivity index (χ1n) is 4.98. The Labute approximate surface area is 93.5 Å². The zero-order valence-electron chi connectivity index (χ0n) is 9.07. The Hall–Kier alpha value is -1.46. The molecule has 4 nitrogen and oxygen atoms in total. The van der Waals surface area contributed by atoms with Gasteiger partial charge in [-0.1, -0.05) is 12.1 Å². The summed E-state index contributed by atoms with van der Waals surface area (Å²) in [6.45, 7) is 1.73. The van der Waals surface area contributed by atoms with Crippen LogP contribution in [0.4, 0.5) is 4.39 Å². The van der Waals surface area contributed by atoms with Crippen LogP contribution in [0.25, 0.3) is 0 Å². The van der Waals surface area contributed by atoms with E-state index in [0.717, 1.165) is 5.56 Å². The molecule has 1 amide bonds. The number of hydrogen-bond donors (Lipinski definition) is 2. The zero-order valence-corrected chi connectivity index (χ0v) is 9.07. The topological polar surface area (TPSA) is 64.3 Å². The summed E-state index contributed by atoms with van der Waals surface area (Å²) in [5, 5.41) is 0. The van der Waals surface area contributed by atoms with Crippen molar-refractivity contribution in [2.24, 2.45) is 5.73 Å². The molecule has 0 saturated carbocycles. The lowest BCUT2D eigenvalue weighted by atomic mass is 10.1. The standard InChI is InChI=1S/C11H15FN2O2/c1-8(14-16-7-11(13)15)6-9-2-4-10(12)5-3-9/h2-5,8,14H,6-7H2,1H3,(H2,13,15). The maximum Gasteiger partial charge on any atom is 0.245 e. The molecule has 3 N–H and O–H groups in total. The van der Waals surface area contributed by atoms with E-state index in [2.05, 4.69) is 5.48 Å². The van der Waals surface area contributed by atoms with Gasteiger partial charge in [0.1, 0.15) is 12.4 Å². The van der Waals surface area contributed by atoms with E-state index in [0.29, 0.717) is 6.42 Å². The van der Waals surface area contributed by atoms with Crippen LogP contribution in [0.2, 0.25) is 0 Å². The summed E-state index contributed by atoms with van der Waals surface area (Å²) in [5.74, 6) is -0.782. The number of amides is 1. The van der Waals surface area contributed by atoms with E-state index in [4.69, 9.17) is 10.6 Å². The van der Waals surface area contributed by atoms with Crippen LogP contribution >= 0.6 is 0 Å². The first kappa shape index (κ1) is 12.6. The molecule has 0 heterocycles. The number of benzene rings is 1. The van der Waals surface area contributed by atoms with Crippen LogP contribution in [0, 0.1) is 5.82 Å². The summed E-state index contributed by atoms with van der Waals surface area (Å²) < 4.78 is 12.6. The second-order valence-corrected chi connectivity index (χ2v) is 3.60. The minimum Gasteiger partial charge on any atom is -0.368 e. The predicted molar refractivity (Wildman–Crippen MR) is 57.8 cm³/mol. The molecular formula is C11H15FN2O2. The van der Waals surface area contributed by atoms with Gasteiger partial charge in [0.2, 0.25) is 5.91 Å². The number of hydrogen-bond acceptors (Lipinski definition) is 3. The third-order valence-electron chi connectivity index (χ3n) is 1.95. The molecular weight excluding hydrogens is 211 g/mol. The largest absolute Gasteiger partial charge is 0.368 e. The Kier molecular flexibility index (Phi) is 4.88. The Morgan fingerprint density at radius 3 is 2.69 bits per heavy atom. The molecule has 0 aliphatic heterocycles. The van der Waals surface area contributed by atoms with Gasteiger partial charge in [0.25, 0.3) is 0 Å². The highest BCUT2D eigenvalue weighted by atomic mass is 19.1. The maximum atomic E-state index is 12.6. The number of rotatable bonds is 6. The number of nitrogens with one attached hydrogen (secondary N) is 1. The lowest BCUT2D eigenvalue weighted by molar-refractivity contribution is -0.125. The van der Waals surface area contributed by atoms with Gasteiger partial charge in [-0.3, -0.25) is 9.63 Å². The summed E-state index contributed by atoms with van der Waals surface area (Å²) in [4.78, 5) is 15.2. The van der Waals surface area contributed by atoms with Gasteiger partial charge in [0.05, 0.1) is 0 Å². The molecule has 88 valence electrons. The molecule has 0 aliphatic carbocycles. The summed E-state index contributed by atoms with van der Waals surface area (Å²) in [6.07, 6.45) is 0.680. The molecule has 0 aliphatic rings. The minimum absolute atomic E-state index is 0.0183. The highest BCUT2D eigenvalue weighted by Crippen LogP contribution is 2.05. The SMILES string of the molecule is CC(Cc1ccc(F)cc1)NOCC(N)=O. The molecule has 0 fully saturated rings. The minimum atomic E-state index is -0.526. The van der Waals surface area contributed by atoms with Gasteiger partial charge in [-0.15, -0.1) is 0 Å². The molecule has 0 spiro atoms. The van der Waals surface area contributed by atoms with Gasteiger partial charge in [0.15, 0.2) is 0 Å².